The number of likely N-dealkylation sites (N-methyl/N-ethyl adjacent to an activating group) is 1. The van der Waals surface area contributed by atoms with Gasteiger partial charge < -0.3 is 14.6 Å². The molecule has 138 valence electrons. The summed E-state index contributed by atoms with van der Waals surface area (Å²) in [6, 6.07) is 5.76. The Kier molecular flexibility index (Phi) is 4.03. The van der Waals surface area contributed by atoms with Gasteiger partial charge in [-0.2, -0.15) is 0 Å². The molecule has 0 bridgehead atoms. The number of fused-ring (bicyclic) bond motifs is 1. The number of ether oxygens (including phenoxy) is 1. The van der Waals surface area contributed by atoms with Gasteiger partial charge >= 0.3 is 6.09 Å². The third-order valence-electron chi connectivity index (χ3n) is 5.64. The number of hydrogen-bond donors (Lipinski definition) is 1. The van der Waals surface area contributed by atoms with Crippen molar-refractivity contribution < 1.29 is 9.53 Å². The van der Waals surface area contributed by atoms with Crippen LogP contribution in [0, 0.1) is 13.8 Å². The van der Waals surface area contributed by atoms with Crippen molar-refractivity contribution in [1.82, 2.24) is 14.8 Å². The van der Waals surface area contributed by atoms with Gasteiger partial charge in [0.05, 0.1) is 12.1 Å². The number of benzene rings is 1. The van der Waals surface area contributed by atoms with Crippen LogP contribution in [0.15, 0.2) is 23.0 Å². The molecule has 1 amide bonds. The highest BCUT2D eigenvalue weighted by Crippen LogP contribution is 2.32. The molecular weight excluding hydrogens is 330 g/mol. The van der Waals surface area contributed by atoms with Crippen LogP contribution in [0.2, 0.25) is 0 Å². The van der Waals surface area contributed by atoms with Crippen LogP contribution in [0.4, 0.5) is 4.79 Å². The molecule has 4 rings (SSSR count). The minimum absolute atomic E-state index is 0.0698. The summed E-state index contributed by atoms with van der Waals surface area (Å²) in [5, 5.41) is 0.754. The maximum atomic E-state index is 12.5. The molecule has 2 fully saturated rings. The molecule has 1 spiro atoms. The average molecular weight is 355 g/mol. The number of carbonyl (C=O) groups is 1. The average Bonchev–Trinajstić information content (AvgIpc) is 2.85. The molecule has 1 aromatic heterocycles. The van der Waals surface area contributed by atoms with Crippen LogP contribution >= 0.6 is 0 Å². The number of pyridine rings is 1. The molecule has 0 atom stereocenters. The number of aryl methyl sites for hydroxylation is 2. The van der Waals surface area contributed by atoms with E-state index in [1.54, 1.807) is 18.0 Å². The first-order valence-electron chi connectivity index (χ1n) is 9.15. The number of carbonyl (C=O) groups excluding carboxylic acids is 1. The zero-order valence-electron chi connectivity index (χ0n) is 15.6. The predicted molar refractivity (Wildman–Crippen MR) is 100 cm³/mol. The van der Waals surface area contributed by atoms with Crippen LogP contribution in [0.25, 0.3) is 10.9 Å². The molecular formula is C20H25N3O3. The van der Waals surface area contributed by atoms with Crippen molar-refractivity contribution in [3.05, 3.63) is 45.2 Å². The van der Waals surface area contributed by atoms with Crippen LogP contribution in [0.3, 0.4) is 0 Å². The van der Waals surface area contributed by atoms with Gasteiger partial charge in [0, 0.05) is 56.7 Å². The van der Waals surface area contributed by atoms with Gasteiger partial charge in [-0.15, -0.1) is 0 Å². The molecule has 0 saturated carbocycles. The third kappa shape index (κ3) is 2.98. The van der Waals surface area contributed by atoms with Crippen LogP contribution in [0.1, 0.15) is 29.7 Å². The van der Waals surface area contributed by atoms with Crippen LogP contribution < -0.4 is 5.43 Å². The van der Waals surface area contributed by atoms with Gasteiger partial charge in [-0.25, -0.2) is 4.79 Å². The second-order valence-electron chi connectivity index (χ2n) is 7.85. The Balaban J connectivity index is 1.50. The number of likely N-dealkylation sites (tertiary alicyclic amines) is 1. The van der Waals surface area contributed by atoms with Crippen molar-refractivity contribution in [2.24, 2.45) is 0 Å². The zero-order valence-corrected chi connectivity index (χ0v) is 15.6. The predicted octanol–water partition coefficient (Wildman–Crippen LogP) is 2.56. The number of H-pyrrole nitrogens is 1. The Morgan fingerprint density at radius 1 is 1.15 bits per heavy atom. The first kappa shape index (κ1) is 17.1. The number of piperidine rings is 1. The highest BCUT2D eigenvalue weighted by molar-refractivity contribution is 5.82. The Labute approximate surface area is 152 Å². The summed E-state index contributed by atoms with van der Waals surface area (Å²) < 4.78 is 5.61. The first-order valence-corrected chi connectivity index (χ1v) is 9.15. The van der Waals surface area contributed by atoms with Crippen molar-refractivity contribution in [3.8, 4) is 0 Å². The van der Waals surface area contributed by atoms with Crippen LogP contribution in [-0.4, -0.2) is 53.2 Å². The minimum Gasteiger partial charge on any atom is -0.441 e. The molecule has 2 aromatic rings. The summed E-state index contributed by atoms with van der Waals surface area (Å²) in [6.07, 6.45) is 1.45. The Hall–Kier alpha value is -2.34. The Morgan fingerprint density at radius 2 is 1.88 bits per heavy atom. The van der Waals surface area contributed by atoms with Gasteiger partial charge in [0.25, 0.3) is 0 Å². The molecule has 1 N–H and O–H groups in total. The third-order valence-corrected chi connectivity index (χ3v) is 5.64. The molecule has 2 aliphatic heterocycles. The quantitative estimate of drug-likeness (QED) is 0.899. The lowest BCUT2D eigenvalue weighted by Crippen LogP contribution is -2.46. The summed E-state index contributed by atoms with van der Waals surface area (Å²) in [5.41, 5.74) is 3.81. The number of hydrogen-bond acceptors (Lipinski definition) is 4. The maximum absolute atomic E-state index is 12.5. The SMILES string of the molecule is Cc1cc(C)c2[nH]c(CN3CCC4(CC3)CN(C)C(=O)O4)cc(=O)c2c1. The van der Waals surface area contributed by atoms with Gasteiger partial charge in [0.2, 0.25) is 0 Å². The van der Waals surface area contributed by atoms with Crippen LogP contribution in [-0.2, 0) is 11.3 Å². The van der Waals surface area contributed by atoms with E-state index in [2.05, 4.69) is 16.0 Å². The normalized spacial score (nSPS) is 20.1. The van der Waals surface area contributed by atoms with Crippen molar-refractivity contribution in [2.75, 3.05) is 26.7 Å². The molecule has 3 heterocycles. The van der Waals surface area contributed by atoms with Gasteiger partial charge in [0.1, 0.15) is 5.60 Å². The second kappa shape index (κ2) is 6.13. The number of nitrogens with zero attached hydrogens (tertiary/aromatic N) is 2. The molecule has 2 saturated heterocycles. The van der Waals surface area contributed by atoms with E-state index in [0.717, 1.165) is 53.7 Å². The lowest BCUT2D eigenvalue weighted by molar-refractivity contribution is -0.00144. The summed E-state index contributed by atoms with van der Waals surface area (Å²) in [7, 11) is 1.79. The second-order valence-corrected chi connectivity index (χ2v) is 7.85. The fraction of sp³-hybridized carbons (Fsp3) is 0.500. The number of rotatable bonds is 2. The van der Waals surface area contributed by atoms with Gasteiger partial charge in [-0.3, -0.25) is 9.69 Å². The smallest absolute Gasteiger partial charge is 0.410 e. The standard InChI is InChI=1S/C20H25N3O3/c1-13-8-14(2)18-16(9-13)17(24)10-15(21-18)11-23-6-4-20(5-7-23)12-22(3)19(25)26-20/h8-10H,4-7,11-12H2,1-3H3,(H,21,24). The zero-order chi connectivity index (χ0) is 18.5. The summed E-state index contributed by atoms with van der Waals surface area (Å²) in [4.78, 5) is 31.6. The molecule has 1 aromatic carbocycles. The van der Waals surface area contributed by atoms with E-state index in [9.17, 15) is 9.59 Å². The highest BCUT2D eigenvalue weighted by atomic mass is 16.6. The largest absolute Gasteiger partial charge is 0.441 e. The van der Waals surface area contributed by atoms with Crippen molar-refractivity contribution >= 4 is 17.0 Å². The fourth-order valence-corrected chi connectivity index (χ4v) is 4.26. The summed E-state index contributed by atoms with van der Waals surface area (Å²) >= 11 is 0. The van der Waals surface area contributed by atoms with E-state index in [-0.39, 0.29) is 17.1 Å². The number of nitrogens with one attached hydrogen (secondary N) is 1. The van der Waals surface area contributed by atoms with Gasteiger partial charge in [-0.1, -0.05) is 6.07 Å². The van der Waals surface area contributed by atoms with E-state index >= 15 is 0 Å². The molecule has 0 unspecified atom stereocenters. The van der Waals surface area contributed by atoms with Crippen LogP contribution in [0.5, 0.6) is 0 Å². The molecule has 0 aliphatic carbocycles. The van der Waals surface area contributed by atoms with E-state index in [0.29, 0.717) is 13.1 Å². The molecule has 6 nitrogen and oxygen atoms in total. The molecule has 6 heteroatoms. The van der Waals surface area contributed by atoms with Crippen molar-refractivity contribution in [3.63, 3.8) is 0 Å². The Bertz CT molecular complexity index is 926. The molecule has 26 heavy (non-hydrogen) atoms. The van der Waals surface area contributed by atoms with Gasteiger partial charge in [0.15, 0.2) is 5.43 Å². The number of amides is 1. The van der Waals surface area contributed by atoms with E-state index in [4.69, 9.17) is 4.74 Å². The summed E-state index contributed by atoms with van der Waals surface area (Å²) in [6.45, 7) is 7.13. The van der Waals surface area contributed by atoms with Crippen molar-refractivity contribution in [1.29, 1.82) is 0 Å². The first-order chi connectivity index (χ1) is 12.3. The van der Waals surface area contributed by atoms with Gasteiger partial charge in [-0.05, 0) is 31.0 Å². The lowest BCUT2D eigenvalue weighted by Gasteiger charge is -2.37. The number of aromatic nitrogens is 1. The molecule has 0 radical (unpaired) electrons. The maximum Gasteiger partial charge on any atom is 0.410 e. The van der Waals surface area contributed by atoms with E-state index < -0.39 is 0 Å². The lowest BCUT2D eigenvalue weighted by atomic mass is 9.91. The minimum atomic E-state index is -0.326. The highest BCUT2D eigenvalue weighted by Gasteiger charge is 2.45. The molecule has 2 aliphatic rings. The summed E-state index contributed by atoms with van der Waals surface area (Å²) in [5.74, 6) is 0. The fourth-order valence-electron chi connectivity index (χ4n) is 4.26. The Morgan fingerprint density at radius 3 is 2.54 bits per heavy atom. The monoisotopic (exact) mass is 355 g/mol. The van der Waals surface area contributed by atoms with Crippen molar-refractivity contribution in [2.45, 2.75) is 38.8 Å². The topological polar surface area (TPSA) is 65.6 Å². The van der Waals surface area contributed by atoms with E-state index in [1.165, 1.54) is 0 Å². The number of aromatic amines is 1. The van der Waals surface area contributed by atoms with E-state index in [1.807, 2.05) is 19.9 Å².